The molecule has 0 aromatic carbocycles. The second-order valence-corrected chi connectivity index (χ2v) is 7.16. The second kappa shape index (κ2) is 9.61. The van der Waals surface area contributed by atoms with Crippen LogP contribution in [0.1, 0.15) is 40.5 Å². The van der Waals surface area contributed by atoms with Gasteiger partial charge in [-0.25, -0.2) is 4.79 Å². The molecular weight excluding hydrogens is 332 g/mol. The summed E-state index contributed by atoms with van der Waals surface area (Å²) in [6.07, 6.45) is -2.69. The summed E-state index contributed by atoms with van der Waals surface area (Å²) in [6.45, 7) is 6.61. The van der Waals surface area contributed by atoms with Crippen LogP contribution < -0.4 is 0 Å². The van der Waals surface area contributed by atoms with Crippen molar-refractivity contribution in [2.75, 3.05) is 6.61 Å². The zero-order valence-corrected chi connectivity index (χ0v) is 15.2. The van der Waals surface area contributed by atoms with Crippen LogP contribution in [0.4, 0.5) is 0 Å². The third-order valence-electron chi connectivity index (χ3n) is 3.62. The molecule has 25 heavy (non-hydrogen) atoms. The Hall–Kier alpha value is -1.03. The monoisotopic (exact) mass is 362 g/mol. The summed E-state index contributed by atoms with van der Waals surface area (Å²) in [5.74, 6) is -0.421. The number of ether oxygens (including phenoxy) is 3. The van der Waals surface area contributed by atoms with E-state index in [1.807, 2.05) is 0 Å². The standard InChI is InChI=1S/C17H30O8/c1-10(7-5-6-8-12(19)25-17(2,3)4)23-16-15(22)14(21)13(20)11(9-18)24-16/h6,8,10-11,13-16,18,20-22H,5,7,9H2,1-4H3/b8-6+/t10?,11?,13-,14?,15-,16+/m0/s1. The number of rotatable bonds is 7. The number of hydrogen-bond donors (Lipinski definition) is 4. The highest BCUT2D eigenvalue weighted by Gasteiger charge is 2.44. The van der Waals surface area contributed by atoms with Crippen molar-refractivity contribution in [3.05, 3.63) is 12.2 Å². The van der Waals surface area contributed by atoms with Crippen LogP contribution in [0, 0.1) is 0 Å². The number of esters is 1. The molecule has 146 valence electrons. The molecule has 0 aromatic rings. The van der Waals surface area contributed by atoms with E-state index in [2.05, 4.69) is 0 Å². The number of aliphatic hydroxyl groups excluding tert-OH is 4. The van der Waals surface area contributed by atoms with Gasteiger partial charge in [-0.2, -0.15) is 0 Å². The molecule has 0 bridgehead atoms. The average molecular weight is 362 g/mol. The molecule has 0 saturated carbocycles. The van der Waals surface area contributed by atoms with Crippen LogP contribution in [0.25, 0.3) is 0 Å². The van der Waals surface area contributed by atoms with Gasteiger partial charge in [0.1, 0.15) is 30.0 Å². The van der Waals surface area contributed by atoms with Crippen LogP contribution in [0.5, 0.6) is 0 Å². The van der Waals surface area contributed by atoms with E-state index in [4.69, 9.17) is 19.3 Å². The fourth-order valence-corrected chi connectivity index (χ4v) is 2.32. The molecule has 0 amide bonds. The van der Waals surface area contributed by atoms with Crippen molar-refractivity contribution in [3.8, 4) is 0 Å². The number of carbonyl (C=O) groups is 1. The normalized spacial score (nSPS) is 31.9. The van der Waals surface area contributed by atoms with Gasteiger partial charge >= 0.3 is 5.97 Å². The van der Waals surface area contributed by atoms with Crippen LogP contribution in [0.2, 0.25) is 0 Å². The molecule has 0 spiro atoms. The van der Waals surface area contributed by atoms with Gasteiger partial charge in [0.05, 0.1) is 12.7 Å². The van der Waals surface area contributed by atoms with Crippen molar-refractivity contribution in [3.63, 3.8) is 0 Å². The molecule has 1 heterocycles. The summed E-state index contributed by atoms with van der Waals surface area (Å²) in [4.78, 5) is 11.5. The molecule has 4 N–H and O–H groups in total. The first kappa shape index (κ1) is 22.0. The van der Waals surface area contributed by atoms with Gasteiger partial charge in [0.15, 0.2) is 6.29 Å². The van der Waals surface area contributed by atoms with Crippen LogP contribution in [-0.2, 0) is 19.0 Å². The molecule has 0 aliphatic carbocycles. The topological polar surface area (TPSA) is 126 Å². The zero-order chi connectivity index (χ0) is 19.2. The van der Waals surface area contributed by atoms with E-state index < -0.39 is 48.9 Å². The van der Waals surface area contributed by atoms with Crippen molar-refractivity contribution in [1.29, 1.82) is 0 Å². The Morgan fingerprint density at radius 3 is 2.40 bits per heavy atom. The Labute approximate surface area is 148 Å². The molecule has 3 unspecified atom stereocenters. The number of aliphatic hydroxyl groups is 4. The highest BCUT2D eigenvalue weighted by atomic mass is 16.7. The van der Waals surface area contributed by atoms with E-state index >= 15 is 0 Å². The number of hydrogen-bond acceptors (Lipinski definition) is 8. The summed E-state index contributed by atoms with van der Waals surface area (Å²) >= 11 is 0. The third-order valence-corrected chi connectivity index (χ3v) is 3.62. The van der Waals surface area contributed by atoms with Crippen LogP contribution in [-0.4, -0.2) is 75.4 Å². The predicted molar refractivity (Wildman–Crippen MR) is 88.5 cm³/mol. The maximum Gasteiger partial charge on any atom is 0.330 e. The van der Waals surface area contributed by atoms with Crippen molar-refractivity contribution in [2.45, 2.75) is 82.9 Å². The molecular formula is C17H30O8. The molecule has 1 fully saturated rings. The maximum absolute atomic E-state index is 11.5. The predicted octanol–water partition coefficient (Wildman–Crippen LogP) is -0.131. The lowest BCUT2D eigenvalue weighted by atomic mass is 9.99. The summed E-state index contributed by atoms with van der Waals surface area (Å²) in [5.41, 5.74) is -0.541. The largest absolute Gasteiger partial charge is 0.457 e. The first-order chi connectivity index (χ1) is 11.5. The molecule has 1 rings (SSSR count). The van der Waals surface area contributed by atoms with E-state index in [-0.39, 0.29) is 6.10 Å². The Balaban J connectivity index is 2.41. The lowest BCUT2D eigenvalue weighted by Crippen LogP contribution is -2.59. The number of carbonyl (C=O) groups excluding carboxylic acids is 1. The van der Waals surface area contributed by atoms with E-state index in [9.17, 15) is 20.1 Å². The second-order valence-electron chi connectivity index (χ2n) is 7.16. The lowest BCUT2D eigenvalue weighted by Gasteiger charge is -2.40. The SMILES string of the molecule is CC(CC/C=C/C(=O)OC(C)(C)C)O[C@@H]1OC(CO)[C@H](O)C(O)[C@@H]1O. The Bertz CT molecular complexity index is 442. The van der Waals surface area contributed by atoms with Gasteiger partial charge in [-0.15, -0.1) is 0 Å². The van der Waals surface area contributed by atoms with E-state index in [1.54, 1.807) is 33.8 Å². The first-order valence-corrected chi connectivity index (χ1v) is 8.40. The molecule has 8 heteroatoms. The molecule has 6 atom stereocenters. The molecule has 8 nitrogen and oxygen atoms in total. The van der Waals surface area contributed by atoms with Crippen LogP contribution in [0.15, 0.2) is 12.2 Å². The highest BCUT2D eigenvalue weighted by Crippen LogP contribution is 2.23. The van der Waals surface area contributed by atoms with Gasteiger partial charge in [-0.3, -0.25) is 0 Å². The minimum Gasteiger partial charge on any atom is -0.457 e. The fourth-order valence-electron chi connectivity index (χ4n) is 2.32. The van der Waals surface area contributed by atoms with Crippen molar-refractivity contribution >= 4 is 5.97 Å². The minimum atomic E-state index is -1.46. The van der Waals surface area contributed by atoms with E-state index in [0.717, 1.165) is 0 Å². The molecule has 1 saturated heterocycles. The van der Waals surface area contributed by atoms with Crippen LogP contribution >= 0.6 is 0 Å². The van der Waals surface area contributed by atoms with Gasteiger partial charge in [0.2, 0.25) is 0 Å². The quantitative estimate of drug-likeness (QED) is 0.364. The summed E-state index contributed by atoms with van der Waals surface area (Å²) in [6, 6.07) is 0. The Morgan fingerprint density at radius 1 is 1.20 bits per heavy atom. The molecule has 0 radical (unpaired) electrons. The smallest absolute Gasteiger partial charge is 0.330 e. The Morgan fingerprint density at radius 2 is 1.84 bits per heavy atom. The number of allylic oxidation sites excluding steroid dienone is 1. The molecule has 1 aliphatic rings. The molecule has 1 aliphatic heterocycles. The van der Waals surface area contributed by atoms with Crippen molar-refractivity contribution in [1.82, 2.24) is 0 Å². The average Bonchev–Trinajstić information content (AvgIpc) is 2.50. The minimum absolute atomic E-state index is 0.343. The summed E-state index contributed by atoms with van der Waals surface area (Å²) in [5, 5.41) is 38.5. The highest BCUT2D eigenvalue weighted by molar-refractivity contribution is 5.82. The van der Waals surface area contributed by atoms with E-state index in [0.29, 0.717) is 12.8 Å². The van der Waals surface area contributed by atoms with Crippen LogP contribution in [0.3, 0.4) is 0 Å². The lowest BCUT2D eigenvalue weighted by molar-refractivity contribution is -0.310. The summed E-state index contributed by atoms with van der Waals surface area (Å²) in [7, 11) is 0. The van der Waals surface area contributed by atoms with Gasteiger partial charge in [-0.05, 0) is 40.5 Å². The third kappa shape index (κ3) is 7.39. The maximum atomic E-state index is 11.5. The first-order valence-electron chi connectivity index (χ1n) is 8.40. The zero-order valence-electron chi connectivity index (χ0n) is 15.2. The van der Waals surface area contributed by atoms with Gasteiger partial charge in [0, 0.05) is 6.08 Å². The van der Waals surface area contributed by atoms with E-state index in [1.165, 1.54) is 6.08 Å². The van der Waals surface area contributed by atoms with Gasteiger partial charge in [0.25, 0.3) is 0 Å². The molecule has 0 aromatic heterocycles. The fraction of sp³-hybridized carbons (Fsp3) is 0.824. The van der Waals surface area contributed by atoms with Crippen molar-refractivity contribution in [2.24, 2.45) is 0 Å². The Kier molecular flexibility index (Phi) is 8.46. The van der Waals surface area contributed by atoms with Gasteiger partial charge in [-0.1, -0.05) is 6.08 Å². The van der Waals surface area contributed by atoms with Crippen molar-refractivity contribution < 1.29 is 39.4 Å². The summed E-state index contributed by atoms with van der Waals surface area (Å²) < 4.78 is 16.0. The van der Waals surface area contributed by atoms with Gasteiger partial charge < -0.3 is 34.6 Å².